The Morgan fingerprint density at radius 1 is 1.33 bits per heavy atom. The summed E-state index contributed by atoms with van der Waals surface area (Å²) in [7, 11) is 1.35. The Balaban J connectivity index is 1.70. The number of aromatic amines is 1. The Hall–Kier alpha value is -2.70. The maximum absolute atomic E-state index is 14.1. The van der Waals surface area contributed by atoms with Crippen molar-refractivity contribution < 1.29 is 18.7 Å². The van der Waals surface area contributed by atoms with Crippen LogP contribution in [0.2, 0.25) is 0 Å². The monoisotopic (exact) mass is 372 g/mol. The summed E-state index contributed by atoms with van der Waals surface area (Å²) >= 11 is 0. The van der Waals surface area contributed by atoms with E-state index in [4.69, 9.17) is 4.74 Å². The molecule has 142 valence electrons. The van der Waals surface area contributed by atoms with Gasteiger partial charge < -0.3 is 14.6 Å². The van der Waals surface area contributed by atoms with Crippen LogP contribution in [0.25, 0.3) is 10.9 Å². The number of hydrogen-bond acceptors (Lipinski definition) is 4. The van der Waals surface area contributed by atoms with Crippen molar-refractivity contribution in [1.29, 1.82) is 0 Å². The first-order chi connectivity index (χ1) is 12.7. The van der Waals surface area contributed by atoms with E-state index in [1.54, 1.807) is 4.90 Å². The van der Waals surface area contributed by atoms with Gasteiger partial charge in [0, 0.05) is 24.5 Å². The zero-order valence-electron chi connectivity index (χ0n) is 15.5. The summed E-state index contributed by atoms with van der Waals surface area (Å²) in [6.45, 7) is 4.78. The lowest BCUT2D eigenvalue weighted by Gasteiger charge is -2.54. The number of carbonyl (C=O) groups is 2. The molecule has 1 amide bonds. The van der Waals surface area contributed by atoms with Crippen LogP contribution in [0, 0.1) is 22.6 Å². The molecule has 0 unspecified atom stereocenters. The summed E-state index contributed by atoms with van der Waals surface area (Å²) in [6.07, 6.45) is 0.643. The van der Waals surface area contributed by atoms with E-state index >= 15 is 0 Å². The van der Waals surface area contributed by atoms with Gasteiger partial charge in [-0.05, 0) is 29.9 Å². The van der Waals surface area contributed by atoms with Crippen LogP contribution in [0.5, 0.6) is 0 Å². The molecule has 2 aromatic rings. The number of methoxy groups -OCH3 is 1. The minimum absolute atomic E-state index is 0.00897. The number of ether oxygens (including phenoxy) is 1. The van der Waals surface area contributed by atoms with Crippen molar-refractivity contribution in [3.8, 4) is 0 Å². The molecule has 1 aromatic heterocycles. The fourth-order valence-corrected chi connectivity index (χ4v) is 5.05. The number of nitrogens with one attached hydrogen (secondary N) is 1. The van der Waals surface area contributed by atoms with Gasteiger partial charge in [-0.1, -0.05) is 19.9 Å². The van der Waals surface area contributed by atoms with Gasteiger partial charge in [-0.15, -0.1) is 0 Å². The smallest absolute Gasteiger partial charge is 0.314 e. The highest BCUT2D eigenvalue weighted by molar-refractivity contribution is 5.96. The van der Waals surface area contributed by atoms with Gasteiger partial charge in [-0.3, -0.25) is 14.4 Å². The maximum Gasteiger partial charge on any atom is 0.314 e. The number of benzene rings is 1. The third-order valence-corrected chi connectivity index (χ3v) is 6.18. The molecule has 2 heterocycles. The Bertz CT molecular complexity index is 1030. The third kappa shape index (κ3) is 2.40. The minimum atomic E-state index is -0.698. The van der Waals surface area contributed by atoms with Crippen LogP contribution in [0.1, 0.15) is 30.8 Å². The van der Waals surface area contributed by atoms with E-state index < -0.39 is 22.6 Å². The van der Waals surface area contributed by atoms with E-state index in [2.05, 4.69) is 18.8 Å². The van der Waals surface area contributed by atoms with Gasteiger partial charge in [0.2, 0.25) is 0 Å². The summed E-state index contributed by atoms with van der Waals surface area (Å²) < 4.78 is 19.1. The number of esters is 1. The fourth-order valence-electron chi connectivity index (χ4n) is 5.05. The number of para-hydroxylation sites is 1. The van der Waals surface area contributed by atoms with Crippen molar-refractivity contribution in [2.75, 3.05) is 20.2 Å². The number of H-pyrrole nitrogens is 1. The molecule has 1 aliphatic carbocycles. The summed E-state index contributed by atoms with van der Waals surface area (Å²) in [4.78, 5) is 42.0. The Labute approximate surface area is 155 Å². The van der Waals surface area contributed by atoms with Crippen LogP contribution >= 0.6 is 0 Å². The molecular formula is C20H21FN2O4. The van der Waals surface area contributed by atoms with Gasteiger partial charge in [0.05, 0.1) is 18.0 Å². The van der Waals surface area contributed by atoms with Crippen LogP contribution < -0.4 is 5.43 Å². The van der Waals surface area contributed by atoms with Crippen LogP contribution in [0.15, 0.2) is 29.1 Å². The highest BCUT2D eigenvalue weighted by Crippen LogP contribution is 2.63. The van der Waals surface area contributed by atoms with Gasteiger partial charge in [-0.25, -0.2) is 4.39 Å². The molecule has 2 fully saturated rings. The first-order valence-corrected chi connectivity index (χ1v) is 8.89. The quantitative estimate of drug-likeness (QED) is 0.821. The lowest BCUT2D eigenvalue weighted by molar-refractivity contribution is -0.174. The SMILES string of the molecule is COC(=O)[C@@]12CN(C(=O)c3cc(=O)c4cccc(F)c4[nH]3)C[C@@H]1C(C)(C)C2. The molecule has 1 aromatic carbocycles. The summed E-state index contributed by atoms with van der Waals surface area (Å²) in [5, 5.41) is 0.195. The average molecular weight is 372 g/mol. The normalized spacial score (nSPS) is 25.8. The van der Waals surface area contributed by atoms with Crippen LogP contribution in [-0.4, -0.2) is 42.0 Å². The van der Waals surface area contributed by atoms with Crippen molar-refractivity contribution in [2.24, 2.45) is 16.7 Å². The van der Waals surface area contributed by atoms with E-state index in [9.17, 15) is 18.8 Å². The lowest BCUT2D eigenvalue weighted by Crippen LogP contribution is -2.57. The number of fused-ring (bicyclic) bond motifs is 2. The number of nitrogens with zero attached hydrogens (tertiary/aromatic N) is 1. The maximum atomic E-state index is 14.1. The first kappa shape index (κ1) is 17.7. The van der Waals surface area contributed by atoms with Crippen molar-refractivity contribution >= 4 is 22.8 Å². The number of aromatic nitrogens is 1. The summed E-state index contributed by atoms with van der Waals surface area (Å²) in [5.41, 5.74) is -1.16. The Kier molecular flexibility index (Phi) is 3.70. The van der Waals surface area contributed by atoms with E-state index in [0.717, 1.165) is 0 Å². The predicted molar refractivity (Wildman–Crippen MR) is 96.8 cm³/mol. The first-order valence-electron chi connectivity index (χ1n) is 8.89. The summed E-state index contributed by atoms with van der Waals surface area (Å²) in [5.74, 6) is -1.32. The highest BCUT2D eigenvalue weighted by atomic mass is 19.1. The molecule has 1 saturated carbocycles. The Morgan fingerprint density at radius 3 is 2.74 bits per heavy atom. The molecule has 4 rings (SSSR count). The van der Waals surface area contributed by atoms with Crippen molar-refractivity contribution in [1.82, 2.24) is 9.88 Å². The number of rotatable bonds is 2. The van der Waals surface area contributed by atoms with E-state index in [-0.39, 0.29) is 40.4 Å². The van der Waals surface area contributed by atoms with Gasteiger partial charge in [0.1, 0.15) is 11.5 Å². The summed E-state index contributed by atoms with van der Waals surface area (Å²) in [6, 6.07) is 5.39. The molecule has 1 aliphatic heterocycles. The molecule has 2 atom stereocenters. The standard InChI is InChI=1S/C20H21FN2O4/c1-19(2)9-20(18(26)27-3)10-23(8-15(19)20)17(25)13-7-14(24)11-5-4-6-12(21)16(11)22-13/h4-7,15H,8-10H2,1-3H3,(H,22,24)/t15-,20+/m1/s1. The van der Waals surface area contributed by atoms with Gasteiger partial charge in [-0.2, -0.15) is 0 Å². The molecular weight excluding hydrogens is 351 g/mol. The molecule has 0 bridgehead atoms. The van der Waals surface area contributed by atoms with Crippen molar-refractivity contribution in [3.05, 3.63) is 46.0 Å². The number of likely N-dealkylation sites (tertiary alicyclic amines) is 1. The van der Waals surface area contributed by atoms with E-state index in [1.165, 1.54) is 31.4 Å². The highest BCUT2D eigenvalue weighted by Gasteiger charge is 2.68. The molecule has 1 saturated heterocycles. The van der Waals surface area contributed by atoms with Crippen molar-refractivity contribution in [3.63, 3.8) is 0 Å². The van der Waals surface area contributed by atoms with Crippen LogP contribution in [0.4, 0.5) is 4.39 Å². The number of pyridine rings is 1. The average Bonchev–Trinajstić information content (AvgIpc) is 2.97. The Morgan fingerprint density at radius 2 is 2.07 bits per heavy atom. The number of halogens is 1. The largest absolute Gasteiger partial charge is 0.469 e. The lowest BCUT2D eigenvalue weighted by atomic mass is 9.48. The zero-order chi connectivity index (χ0) is 19.6. The molecule has 1 N–H and O–H groups in total. The van der Waals surface area contributed by atoms with Crippen LogP contribution in [-0.2, 0) is 9.53 Å². The molecule has 2 aliphatic rings. The molecule has 6 nitrogen and oxygen atoms in total. The zero-order valence-corrected chi connectivity index (χ0v) is 15.5. The molecule has 7 heteroatoms. The van der Waals surface area contributed by atoms with Gasteiger partial charge in [0.25, 0.3) is 5.91 Å². The second-order valence-electron chi connectivity index (χ2n) is 8.26. The van der Waals surface area contributed by atoms with Crippen molar-refractivity contribution in [2.45, 2.75) is 20.3 Å². The van der Waals surface area contributed by atoms with E-state index in [1.807, 2.05) is 0 Å². The fraction of sp³-hybridized carbons (Fsp3) is 0.450. The second-order valence-corrected chi connectivity index (χ2v) is 8.26. The molecule has 27 heavy (non-hydrogen) atoms. The topological polar surface area (TPSA) is 79.5 Å². The predicted octanol–water partition coefficient (Wildman–Crippen LogP) is 2.33. The second kappa shape index (κ2) is 5.65. The van der Waals surface area contributed by atoms with Gasteiger partial charge >= 0.3 is 5.97 Å². The number of carbonyl (C=O) groups excluding carboxylic acids is 2. The van der Waals surface area contributed by atoms with E-state index in [0.29, 0.717) is 13.0 Å². The van der Waals surface area contributed by atoms with Crippen LogP contribution in [0.3, 0.4) is 0 Å². The van der Waals surface area contributed by atoms with Gasteiger partial charge in [0.15, 0.2) is 5.43 Å². The number of amides is 1. The number of hydrogen-bond donors (Lipinski definition) is 1. The molecule has 0 spiro atoms. The third-order valence-electron chi connectivity index (χ3n) is 6.18. The molecule has 0 radical (unpaired) electrons. The minimum Gasteiger partial charge on any atom is -0.469 e.